The molecule has 0 N–H and O–H groups in total. The van der Waals surface area contributed by atoms with Gasteiger partial charge in [-0.15, -0.1) is 11.3 Å². The molecule has 2 unspecified atom stereocenters. The molecule has 0 spiro atoms. The van der Waals surface area contributed by atoms with Crippen LogP contribution in [0.3, 0.4) is 0 Å². The van der Waals surface area contributed by atoms with Gasteiger partial charge in [-0.2, -0.15) is 4.31 Å². The molecular weight excluding hydrogens is 388 g/mol. The van der Waals surface area contributed by atoms with E-state index < -0.39 is 15.9 Å². The van der Waals surface area contributed by atoms with Gasteiger partial charge >= 0.3 is 5.97 Å². The molecule has 7 nitrogen and oxygen atoms in total. The lowest BCUT2D eigenvalue weighted by Gasteiger charge is -2.34. The van der Waals surface area contributed by atoms with Gasteiger partial charge in [0.2, 0.25) is 5.91 Å². The number of piperidine rings is 1. The van der Waals surface area contributed by atoms with E-state index in [0.717, 1.165) is 4.88 Å². The van der Waals surface area contributed by atoms with Gasteiger partial charge in [-0.25, -0.2) is 8.42 Å². The van der Waals surface area contributed by atoms with Crippen molar-refractivity contribution in [2.45, 2.75) is 37.8 Å². The van der Waals surface area contributed by atoms with Gasteiger partial charge in [0, 0.05) is 31.1 Å². The Morgan fingerprint density at radius 2 is 2.11 bits per heavy atom. The lowest BCUT2D eigenvalue weighted by molar-refractivity contribution is -0.147. The molecular formula is C18H28N2O5S2. The molecule has 0 radical (unpaired) electrons. The normalized spacial score (nSPS) is 19.5. The number of ether oxygens (including phenoxy) is 1. The Morgan fingerprint density at radius 3 is 2.67 bits per heavy atom. The molecule has 0 aliphatic carbocycles. The van der Waals surface area contributed by atoms with Crippen molar-refractivity contribution in [3.05, 3.63) is 17.0 Å². The van der Waals surface area contributed by atoms with E-state index in [-0.39, 0.29) is 30.9 Å². The summed E-state index contributed by atoms with van der Waals surface area (Å²) in [6, 6.07) is 3.41. The number of carbonyl (C=O) groups excluding carboxylic acids is 2. The van der Waals surface area contributed by atoms with Crippen LogP contribution in [-0.2, 0) is 24.3 Å². The van der Waals surface area contributed by atoms with Crippen molar-refractivity contribution in [3.8, 4) is 0 Å². The number of aryl methyl sites for hydroxylation is 1. The summed E-state index contributed by atoms with van der Waals surface area (Å²) in [6.45, 7) is 6.79. The SMILES string of the molecule is CCN(CC(C)C(=O)OC)C(=O)C1CCCN(S(=O)(=O)c2ccc(C)s2)C1. The van der Waals surface area contributed by atoms with Gasteiger partial charge < -0.3 is 9.64 Å². The molecule has 2 heterocycles. The monoisotopic (exact) mass is 416 g/mol. The molecule has 0 bridgehead atoms. The molecule has 1 aliphatic heterocycles. The highest BCUT2D eigenvalue weighted by Gasteiger charge is 2.36. The van der Waals surface area contributed by atoms with Gasteiger partial charge in [-0.3, -0.25) is 9.59 Å². The summed E-state index contributed by atoms with van der Waals surface area (Å²) >= 11 is 1.25. The van der Waals surface area contributed by atoms with Crippen molar-refractivity contribution in [1.29, 1.82) is 0 Å². The van der Waals surface area contributed by atoms with Crippen LogP contribution in [0.1, 0.15) is 31.6 Å². The van der Waals surface area contributed by atoms with Crippen molar-refractivity contribution < 1.29 is 22.7 Å². The summed E-state index contributed by atoms with van der Waals surface area (Å²) in [4.78, 5) is 27.2. The molecule has 152 valence electrons. The molecule has 2 atom stereocenters. The van der Waals surface area contributed by atoms with E-state index >= 15 is 0 Å². The maximum Gasteiger partial charge on any atom is 0.310 e. The van der Waals surface area contributed by atoms with Crippen LogP contribution in [0.25, 0.3) is 0 Å². The van der Waals surface area contributed by atoms with Crippen LogP contribution in [0.15, 0.2) is 16.3 Å². The van der Waals surface area contributed by atoms with Crippen LogP contribution < -0.4 is 0 Å². The van der Waals surface area contributed by atoms with E-state index in [1.165, 1.54) is 22.8 Å². The third-order valence-corrected chi connectivity index (χ3v) is 8.17. The average Bonchev–Trinajstić information content (AvgIpc) is 3.11. The highest BCUT2D eigenvalue weighted by Crippen LogP contribution is 2.29. The molecule has 1 saturated heterocycles. The zero-order chi connectivity index (χ0) is 20.2. The Balaban J connectivity index is 2.09. The highest BCUT2D eigenvalue weighted by atomic mass is 32.2. The van der Waals surface area contributed by atoms with Gasteiger partial charge in [0.1, 0.15) is 4.21 Å². The predicted octanol–water partition coefficient (Wildman–Crippen LogP) is 2.11. The summed E-state index contributed by atoms with van der Waals surface area (Å²) in [5, 5.41) is 0. The minimum atomic E-state index is -3.57. The first-order valence-corrected chi connectivity index (χ1v) is 11.4. The number of methoxy groups -OCH3 is 1. The van der Waals surface area contributed by atoms with Gasteiger partial charge in [-0.05, 0) is 38.8 Å². The largest absolute Gasteiger partial charge is 0.469 e. The van der Waals surface area contributed by atoms with Gasteiger partial charge in [0.05, 0.1) is 18.9 Å². The number of carbonyl (C=O) groups is 2. The molecule has 27 heavy (non-hydrogen) atoms. The summed E-state index contributed by atoms with van der Waals surface area (Å²) in [6.07, 6.45) is 1.29. The van der Waals surface area contributed by atoms with Gasteiger partial charge in [0.15, 0.2) is 0 Å². The molecule has 1 amide bonds. The number of hydrogen-bond donors (Lipinski definition) is 0. The molecule has 0 saturated carbocycles. The molecule has 1 fully saturated rings. The van der Waals surface area contributed by atoms with Crippen LogP contribution in [0.2, 0.25) is 0 Å². The van der Waals surface area contributed by atoms with Crippen LogP contribution in [0, 0.1) is 18.8 Å². The summed E-state index contributed by atoms with van der Waals surface area (Å²) in [5.74, 6) is -1.27. The first-order valence-electron chi connectivity index (χ1n) is 9.13. The van der Waals surface area contributed by atoms with E-state index in [2.05, 4.69) is 0 Å². The molecule has 9 heteroatoms. The lowest BCUT2D eigenvalue weighted by atomic mass is 9.97. The number of nitrogens with zero attached hydrogens (tertiary/aromatic N) is 2. The van der Waals surface area contributed by atoms with Crippen LogP contribution in [0.4, 0.5) is 0 Å². The van der Waals surface area contributed by atoms with E-state index in [1.54, 1.807) is 24.0 Å². The second-order valence-electron chi connectivity index (χ2n) is 6.87. The topological polar surface area (TPSA) is 84.0 Å². The number of esters is 1. The number of thiophene rings is 1. The smallest absolute Gasteiger partial charge is 0.310 e. The number of amides is 1. The highest BCUT2D eigenvalue weighted by molar-refractivity contribution is 7.91. The van der Waals surface area contributed by atoms with Crippen molar-refractivity contribution in [1.82, 2.24) is 9.21 Å². The van der Waals surface area contributed by atoms with Gasteiger partial charge in [-0.1, -0.05) is 6.92 Å². The third-order valence-electron chi connectivity index (χ3n) is 4.83. The van der Waals surface area contributed by atoms with Crippen molar-refractivity contribution in [3.63, 3.8) is 0 Å². The predicted molar refractivity (Wildman–Crippen MR) is 104 cm³/mol. The molecule has 1 aromatic rings. The van der Waals surface area contributed by atoms with Crippen molar-refractivity contribution in [2.24, 2.45) is 11.8 Å². The minimum absolute atomic E-state index is 0.101. The fourth-order valence-electron chi connectivity index (χ4n) is 3.28. The third kappa shape index (κ3) is 5.08. The standard InChI is InChI=1S/C18H28N2O5S2/c1-5-19(11-13(2)18(22)25-4)17(21)15-7-6-10-20(12-15)27(23,24)16-9-8-14(3)26-16/h8-9,13,15H,5-7,10-12H2,1-4H3. The number of rotatable bonds is 7. The summed E-state index contributed by atoms with van der Waals surface area (Å²) in [7, 11) is -2.25. The zero-order valence-electron chi connectivity index (χ0n) is 16.3. The molecule has 0 aromatic carbocycles. The maximum atomic E-state index is 12.9. The van der Waals surface area contributed by atoms with Crippen molar-refractivity contribution >= 4 is 33.2 Å². The number of hydrogen-bond acceptors (Lipinski definition) is 6. The van der Waals surface area contributed by atoms with E-state index in [9.17, 15) is 18.0 Å². The van der Waals surface area contributed by atoms with E-state index in [0.29, 0.717) is 30.1 Å². The van der Waals surface area contributed by atoms with Crippen LogP contribution >= 0.6 is 11.3 Å². The van der Waals surface area contributed by atoms with Crippen LogP contribution in [-0.4, -0.2) is 62.8 Å². The molecule has 2 rings (SSSR count). The molecule has 1 aromatic heterocycles. The quantitative estimate of drug-likeness (QED) is 0.636. The number of sulfonamides is 1. The first kappa shape index (κ1) is 21.8. The maximum absolute atomic E-state index is 12.9. The van der Waals surface area contributed by atoms with Crippen LogP contribution in [0.5, 0.6) is 0 Å². The first-order chi connectivity index (χ1) is 12.7. The van der Waals surface area contributed by atoms with E-state index in [4.69, 9.17) is 4.74 Å². The average molecular weight is 417 g/mol. The second-order valence-corrected chi connectivity index (χ2v) is 10.3. The Hall–Kier alpha value is -1.45. The Kier molecular flexibility index (Phi) is 7.41. The second kappa shape index (κ2) is 9.16. The van der Waals surface area contributed by atoms with Gasteiger partial charge in [0.25, 0.3) is 10.0 Å². The zero-order valence-corrected chi connectivity index (χ0v) is 17.9. The fraction of sp³-hybridized carbons (Fsp3) is 0.667. The summed E-state index contributed by atoms with van der Waals surface area (Å²) in [5.41, 5.74) is 0. The lowest BCUT2D eigenvalue weighted by Crippen LogP contribution is -2.47. The van der Waals surface area contributed by atoms with E-state index in [1.807, 2.05) is 13.8 Å². The molecule has 1 aliphatic rings. The summed E-state index contributed by atoms with van der Waals surface area (Å²) < 4.78 is 32.2. The Labute approximate surface area is 165 Å². The Morgan fingerprint density at radius 1 is 1.41 bits per heavy atom. The fourth-order valence-corrected chi connectivity index (χ4v) is 6.24. The van der Waals surface area contributed by atoms with Crippen molar-refractivity contribution in [2.75, 3.05) is 33.3 Å². The minimum Gasteiger partial charge on any atom is -0.469 e. The Bertz CT molecular complexity index is 774.